The number of rotatable bonds is 6. The van der Waals surface area contributed by atoms with E-state index < -0.39 is 5.97 Å². The van der Waals surface area contributed by atoms with Crippen LogP contribution >= 0.6 is 0 Å². The third-order valence-corrected chi connectivity index (χ3v) is 4.75. The minimum atomic E-state index is -0.412. The summed E-state index contributed by atoms with van der Waals surface area (Å²) < 4.78 is 14.3. The summed E-state index contributed by atoms with van der Waals surface area (Å²) >= 11 is 0. The van der Waals surface area contributed by atoms with Gasteiger partial charge in [0.2, 0.25) is 0 Å². The molecule has 3 aromatic heterocycles. The molecule has 0 saturated heterocycles. The maximum Gasteiger partial charge on any atom is 0.331 e. The first kappa shape index (κ1) is 19.4. The minimum Gasteiger partial charge on any atom is -0.458 e. The number of esters is 1. The number of nitrogens with zero attached hydrogens (tertiary/aromatic N) is 4. The number of hydrogen-bond donors (Lipinski definition) is 0. The van der Waals surface area contributed by atoms with Crippen LogP contribution in [0.1, 0.15) is 28.3 Å². The van der Waals surface area contributed by atoms with Gasteiger partial charge in [0.25, 0.3) is 0 Å². The summed E-state index contributed by atoms with van der Waals surface area (Å²) in [7, 11) is 0. The zero-order valence-electron chi connectivity index (χ0n) is 17.1. The van der Waals surface area contributed by atoms with Crippen molar-refractivity contribution in [1.82, 2.24) is 19.5 Å². The molecule has 4 rings (SSSR count). The van der Waals surface area contributed by atoms with Gasteiger partial charge in [-0.15, -0.1) is 0 Å². The van der Waals surface area contributed by atoms with Gasteiger partial charge < -0.3 is 9.26 Å². The van der Waals surface area contributed by atoms with Gasteiger partial charge in [-0.25, -0.2) is 9.48 Å². The van der Waals surface area contributed by atoms with E-state index in [1.165, 1.54) is 6.08 Å². The quantitative estimate of drug-likeness (QED) is 0.354. The Morgan fingerprint density at radius 2 is 1.97 bits per heavy atom. The van der Waals surface area contributed by atoms with Crippen molar-refractivity contribution in [2.24, 2.45) is 0 Å². The molecular weight excluding hydrogens is 380 g/mol. The molecule has 3 heterocycles. The monoisotopic (exact) mass is 402 g/mol. The highest BCUT2D eigenvalue weighted by Crippen LogP contribution is 2.21. The summed E-state index contributed by atoms with van der Waals surface area (Å²) in [5.41, 5.74) is 4.66. The summed E-state index contributed by atoms with van der Waals surface area (Å²) in [6.45, 7) is 5.97. The Balaban J connectivity index is 1.40. The molecule has 0 aliphatic heterocycles. The molecule has 0 atom stereocenters. The Hall–Kier alpha value is -3.87. The third kappa shape index (κ3) is 4.10. The lowest BCUT2D eigenvalue weighted by Gasteiger charge is -2.04. The molecule has 0 aliphatic rings. The Bertz CT molecular complexity index is 1200. The summed E-state index contributed by atoms with van der Waals surface area (Å²) in [4.78, 5) is 12.2. The minimum absolute atomic E-state index is 0.160. The fourth-order valence-electron chi connectivity index (χ4n) is 3.28. The summed E-state index contributed by atoms with van der Waals surface area (Å²) in [5.74, 6) is 1.05. The Morgan fingerprint density at radius 3 is 2.70 bits per heavy atom. The predicted molar refractivity (Wildman–Crippen MR) is 112 cm³/mol. The van der Waals surface area contributed by atoms with Crippen molar-refractivity contribution in [2.45, 2.75) is 27.4 Å². The largest absolute Gasteiger partial charge is 0.458 e. The average molecular weight is 402 g/mol. The van der Waals surface area contributed by atoms with Crippen LogP contribution in [-0.2, 0) is 16.1 Å². The van der Waals surface area contributed by atoms with Gasteiger partial charge in [-0.3, -0.25) is 4.57 Å². The van der Waals surface area contributed by atoms with E-state index in [-0.39, 0.29) is 6.61 Å². The average Bonchev–Trinajstić information content (AvgIpc) is 3.45. The summed E-state index contributed by atoms with van der Waals surface area (Å²) in [6, 6.07) is 13.6. The number of aromatic nitrogens is 4. The van der Waals surface area contributed by atoms with Crippen molar-refractivity contribution >= 4 is 12.0 Å². The van der Waals surface area contributed by atoms with Gasteiger partial charge in [-0.2, -0.15) is 5.10 Å². The second-order valence-corrected chi connectivity index (χ2v) is 7.03. The molecule has 0 aliphatic carbocycles. The lowest BCUT2D eigenvalue weighted by molar-refractivity contribution is -0.138. The van der Waals surface area contributed by atoms with Gasteiger partial charge in [0.15, 0.2) is 5.82 Å². The van der Waals surface area contributed by atoms with E-state index in [0.717, 1.165) is 39.8 Å². The summed E-state index contributed by atoms with van der Waals surface area (Å²) in [6.07, 6.45) is 6.72. The van der Waals surface area contributed by atoms with Gasteiger partial charge in [-0.1, -0.05) is 23.4 Å². The number of carbonyl (C=O) groups is 1. The summed E-state index contributed by atoms with van der Waals surface area (Å²) in [5, 5.41) is 8.37. The van der Waals surface area contributed by atoms with Crippen molar-refractivity contribution in [3.05, 3.63) is 89.2 Å². The van der Waals surface area contributed by atoms with Crippen LogP contribution in [-0.4, -0.2) is 25.5 Å². The molecule has 7 nitrogen and oxygen atoms in total. The zero-order chi connectivity index (χ0) is 21.1. The van der Waals surface area contributed by atoms with Crippen LogP contribution in [0.15, 0.2) is 65.5 Å². The lowest BCUT2D eigenvalue weighted by Crippen LogP contribution is -2.01. The number of hydrogen-bond acceptors (Lipinski definition) is 5. The molecule has 7 heteroatoms. The van der Waals surface area contributed by atoms with E-state index in [4.69, 9.17) is 9.26 Å². The fraction of sp³-hybridized carbons (Fsp3) is 0.174. The van der Waals surface area contributed by atoms with E-state index in [1.54, 1.807) is 17.0 Å². The molecule has 0 amide bonds. The number of carbonyl (C=O) groups excluding carboxylic acids is 1. The second kappa shape index (κ2) is 8.24. The van der Waals surface area contributed by atoms with Crippen LogP contribution in [0, 0.1) is 20.8 Å². The molecule has 0 fully saturated rings. The van der Waals surface area contributed by atoms with E-state index in [9.17, 15) is 4.79 Å². The molecule has 152 valence electrons. The maximum absolute atomic E-state index is 12.2. The second-order valence-electron chi connectivity index (χ2n) is 7.03. The Kier molecular flexibility index (Phi) is 5.34. The molecule has 0 N–H and O–H groups in total. The third-order valence-electron chi connectivity index (χ3n) is 4.75. The zero-order valence-corrected chi connectivity index (χ0v) is 17.1. The Labute approximate surface area is 174 Å². The van der Waals surface area contributed by atoms with Gasteiger partial charge in [0, 0.05) is 35.3 Å². The first-order valence-electron chi connectivity index (χ1n) is 9.58. The topological polar surface area (TPSA) is 75.1 Å². The van der Waals surface area contributed by atoms with Gasteiger partial charge in [0.05, 0.1) is 11.9 Å². The van der Waals surface area contributed by atoms with Gasteiger partial charge >= 0.3 is 5.97 Å². The van der Waals surface area contributed by atoms with Crippen LogP contribution in [0.5, 0.6) is 0 Å². The SMILES string of the molecule is Cc1cc(-n2c(C)cc(/C=C/C(=O)OCc3cnn(-c4ccccc4)c3)c2C)no1. The van der Waals surface area contributed by atoms with Crippen molar-refractivity contribution < 1.29 is 14.1 Å². The van der Waals surface area contributed by atoms with Crippen LogP contribution in [0.2, 0.25) is 0 Å². The highest BCUT2D eigenvalue weighted by molar-refractivity contribution is 5.87. The van der Waals surface area contributed by atoms with Gasteiger partial charge in [0.1, 0.15) is 12.4 Å². The number of benzene rings is 1. The molecule has 0 spiro atoms. The molecule has 0 saturated carbocycles. The molecule has 4 aromatic rings. The van der Waals surface area contributed by atoms with Crippen LogP contribution in [0.25, 0.3) is 17.6 Å². The Morgan fingerprint density at radius 1 is 1.17 bits per heavy atom. The van der Waals surface area contributed by atoms with Crippen LogP contribution in [0.3, 0.4) is 0 Å². The highest BCUT2D eigenvalue weighted by Gasteiger charge is 2.12. The number of ether oxygens (including phenoxy) is 1. The number of aryl methyl sites for hydroxylation is 2. The molecular formula is C23H22N4O3. The van der Waals surface area contributed by atoms with Crippen molar-refractivity contribution in [2.75, 3.05) is 0 Å². The van der Waals surface area contributed by atoms with E-state index in [0.29, 0.717) is 0 Å². The molecule has 1 aromatic carbocycles. The smallest absolute Gasteiger partial charge is 0.331 e. The highest BCUT2D eigenvalue weighted by atomic mass is 16.5. The van der Waals surface area contributed by atoms with Crippen LogP contribution in [0.4, 0.5) is 0 Å². The maximum atomic E-state index is 12.2. The first-order valence-corrected chi connectivity index (χ1v) is 9.58. The first-order chi connectivity index (χ1) is 14.5. The van der Waals surface area contributed by atoms with E-state index >= 15 is 0 Å². The van der Waals surface area contributed by atoms with E-state index in [2.05, 4.69) is 10.3 Å². The van der Waals surface area contributed by atoms with Gasteiger partial charge in [-0.05, 0) is 50.6 Å². The fourth-order valence-corrected chi connectivity index (χ4v) is 3.28. The van der Waals surface area contributed by atoms with Crippen molar-refractivity contribution in [1.29, 1.82) is 0 Å². The van der Waals surface area contributed by atoms with Crippen LogP contribution < -0.4 is 0 Å². The molecule has 0 unspecified atom stereocenters. The standard InChI is InChI=1S/C23H22N4O3/c1-16-11-20(18(3)27(16)22-12-17(2)30-25-22)9-10-23(28)29-15-19-13-24-26(14-19)21-7-5-4-6-8-21/h4-14H,15H2,1-3H3/b10-9+. The molecule has 0 radical (unpaired) electrons. The van der Waals surface area contributed by atoms with E-state index in [1.807, 2.05) is 74.0 Å². The molecule has 0 bridgehead atoms. The van der Waals surface area contributed by atoms with Crippen molar-refractivity contribution in [3.63, 3.8) is 0 Å². The predicted octanol–water partition coefficient (Wildman–Crippen LogP) is 4.33. The normalized spacial score (nSPS) is 11.3. The number of para-hydroxylation sites is 1. The van der Waals surface area contributed by atoms with Crippen molar-refractivity contribution in [3.8, 4) is 11.5 Å². The lowest BCUT2D eigenvalue weighted by atomic mass is 10.2. The molecule has 30 heavy (non-hydrogen) atoms.